The van der Waals surface area contributed by atoms with Crippen molar-refractivity contribution in [3.8, 4) is 0 Å². The summed E-state index contributed by atoms with van der Waals surface area (Å²) < 4.78 is 10.4. The molecule has 0 aliphatic carbocycles. The molecule has 1 aliphatic rings. The van der Waals surface area contributed by atoms with Gasteiger partial charge in [-0.15, -0.1) is 11.8 Å². The van der Waals surface area contributed by atoms with Crippen LogP contribution in [0.1, 0.15) is 5.56 Å². The number of carbonyl (C=O) groups excluding carboxylic acids is 1. The molecule has 0 saturated carbocycles. The number of esters is 1. The number of ether oxygens (including phenoxy) is 1. The summed E-state index contributed by atoms with van der Waals surface area (Å²) in [5.41, 5.74) is 2.52. The Kier molecular flexibility index (Phi) is 3.17. The number of thioether (sulfide) groups is 1. The molecular formula is C15H12O3S. The van der Waals surface area contributed by atoms with Crippen molar-refractivity contribution >= 4 is 28.2 Å². The lowest BCUT2D eigenvalue weighted by atomic mass is 10.1. The molecule has 4 heteroatoms. The lowest BCUT2D eigenvalue weighted by Gasteiger charge is -2.12. The summed E-state index contributed by atoms with van der Waals surface area (Å²) in [7, 11) is 1.40. The van der Waals surface area contributed by atoms with Crippen LogP contribution in [0.5, 0.6) is 0 Å². The zero-order valence-corrected chi connectivity index (χ0v) is 11.2. The van der Waals surface area contributed by atoms with Crippen LogP contribution in [-0.4, -0.2) is 18.8 Å². The van der Waals surface area contributed by atoms with Crippen molar-refractivity contribution in [1.82, 2.24) is 0 Å². The van der Waals surface area contributed by atoms with E-state index in [1.807, 2.05) is 36.4 Å². The number of methoxy groups -OCH3 is 1. The predicted molar refractivity (Wildman–Crippen MR) is 74.8 cm³/mol. The van der Waals surface area contributed by atoms with Gasteiger partial charge in [-0.05, 0) is 11.6 Å². The van der Waals surface area contributed by atoms with Crippen molar-refractivity contribution < 1.29 is 13.9 Å². The third kappa shape index (κ3) is 2.08. The average Bonchev–Trinajstić information content (AvgIpc) is 2.95. The number of hydrogen-bond donors (Lipinski definition) is 0. The molecule has 2 aromatic rings. The average molecular weight is 272 g/mol. The predicted octanol–water partition coefficient (Wildman–Crippen LogP) is 1.51. The molecule has 0 N–H and O–H groups in total. The summed E-state index contributed by atoms with van der Waals surface area (Å²) in [6.07, 6.45) is 1.61. The summed E-state index contributed by atoms with van der Waals surface area (Å²) >= 11 is 1.60. The van der Waals surface area contributed by atoms with Crippen molar-refractivity contribution in [3.05, 3.63) is 58.9 Å². The molecule has 0 fully saturated rings. The first-order chi connectivity index (χ1) is 9.31. The molecule has 0 bridgehead atoms. The molecule has 3 nitrogen and oxygen atoms in total. The maximum Gasteiger partial charge on any atom is 0.335 e. The van der Waals surface area contributed by atoms with Gasteiger partial charge in [0.2, 0.25) is 0 Å². The minimum absolute atomic E-state index is 0.290. The Morgan fingerprint density at radius 1 is 1.26 bits per heavy atom. The Labute approximate surface area is 114 Å². The largest absolute Gasteiger partial charge is 0.466 e. The van der Waals surface area contributed by atoms with Crippen LogP contribution in [0.3, 0.4) is 0 Å². The second kappa shape index (κ2) is 4.97. The second-order valence-electron chi connectivity index (χ2n) is 4.12. The fourth-order valence-corrected chi connectivity index (χ4v) is 3.26. The third-order valence-corrected chi connectivity index (χ3v) is 4.17. The monoisotopic (exact) mass is 272 g/mol. The van der Waals surface area contributed by atoms with Gasteiger partial charge >= 0.3 is 5.97 Å². The molecule has 1 aliphatic heterocycles. The van der Waals surface area contributed by atoms with E-state index in [2.05, 4.69) is 0 Å². The van der Waals surface area contributed by atoms with Gasteiger partial charge in [0.05, 0.1) is 23.9 Å². The topological polar surface area (TPSA) is 39.4 Å². The van der Waals surface area contributed by atoms with Crippen LogP contribution in [0.15, 0.2) is 47.1 Å². The van der Waals surface area contributed by atoms with E-state index in [-0.39, 0.29) is 5.97 Å². The molecule has 1 aromatic carbocycles. The molecule has 3 rings (SSSR count). The van der Waals surface area contributed by atoms with Gasteiger partial charge in [0.15, 0.2) is 0 Å². The van der Waals surface area contributed by atoms with Gasteiger partial charge in [0, 0.05) is 11.0 Å². The summed E-state index contributed by atoms with van der Waals surface area (Å²) in [4.78, 5) is 12.8. The van der Waals surface area contributed by atoms with Gasteiger partial charge < -0.3 is 9.15 Å². The first kappa shape index (κ1) is 12.1. The summed E-state index contributed by atoms with van der Waals surface area (Å²) in [5, 5.41) is 0.837. The van der Waals surface area contributed by atoms with Gasteiger partial charge in [-0.1, -0.05) is 30.3 Å². The fourth-order valence-electron chi connectivity index (χ4n) is 2.11. The van der Waals surface area contributed by atoms with Gasteiger partial charge in [-0.2, -0.15) is 0 Å². The molecular weight excluding hydrogens is 260 g/mol. The third-order valence-electron chi connectivity index (χ3n) is 3.03. The van der Waals surface area contributed by atoms with Gasteiger partial charge in [0.1, 0.15) is 5.42 Å². The minimum Gasteiger partial charge on any atom is -0.466 e. The Balaban J connectivity index is 2.29. The van der Waals surface area contributed by atoms with Crippen LogP contribution < -0.4 is 10.6 Å². The molecule has 0 saturated heterocycles. The maximum atomic E-state index is 11.7. The lowest BCUT2D eigenvalue weighted by Crippen LogP contribution is -2.32. The summed E-state index contributed by atoms with van der Waals surface area (Å²) in [6, 6.07) is 11.9. The van der Waals surface area contributed by atoms with Crippen molar-refractivity contribution in [2.75, 3.05) is 12.9 Å². The van der Waals surface area contributed by atoms with E-state index in [0.29, 0.717) is 11.3 Å². The summed E-state index contributed by atoms with van der Waals surface area (Å²) in [5.74, 6) is 0.311. The number of carbonyl (C=O) groups is 1. The van der Waals surface area contributed by atoms with Crippen LogP contribution >= 0.6 is 11.8 Å². The Morgan fingerprint density at radius 2 is 2.05 bits per heavy atom. The van der Waals surface area contributed by atoms with E-state index in [0.717, 1.165) is 21.1 Å². The van der Waals surface area contributed by atoms with E-state index in [1.165, 1.54) is 7.11 Å². The van der Waals surface area contributed by atoms with Crippen molar-refractivity contribution in [3.63, 3.8) is 0 Å². The van der Waals surface area contributed by atoms with Crippen LogP contribution in [-0.2, 0) is 9.53 Å². The lowest BCUT2D eigenvalue weighted by molar-refractivity contribution is -0.133. The van der Waals surface area contributed by atoms with Crippen molar-refractivity contribution in [2.24, 2.45) is 0 Å². The van der Waals surface area contributed by atoms with Gasteiger partial charge in [0.25, 0.3) is 0 Å². The Hall–Kier alpha value is -1.94. The van der Waals surface area contributed by atoms with Crippen LogP contribution in [0.25, 0.3) is 10.5 Å². The molecule has 19 heavy (non-hydrogen) atoms. The normalized spacial score (nSPS) is 14.2. The minimum atomic E-state index is -0.290. The fraction of sp³-hybridized carbons (Fsp3) is 0.133. The molecule has 0 spiro atoms. The molecule has 0 unspecified atom stereocenters. The first-order valence-corrected chi connectivity index (χ1v) is 6.87. The van der Waals surface area contributed by atoms with E-state index >= 15 is 0 Å². The number of benzene rings is 1. The first-order valence-electron chi connectivity index (χ1n) is 5.89. The SMILES string of the molecule is COC(=O)C1=c2ccoc2=C(c2ccccc2)SC1. The zero-order valence-electron chi connectivity index (χ0n) is 10.4. The number of hydrogen-bond acceptors (Lipinski definition) is 4. The van der Waals surface area contributed by atoms with Crippen LogP contribution in [0.2, 0.25) is 0 Å². The van der Waals surface area contributed by atoms with E-state index in [1.54, 1.807) is 18.0 Å². The Bertz CT molecular complexity index is 728. The summed E-state index contributed by atoms with van der Waals surface area (Å²) in [6.45, 7) is 0. The quantitative estimate of drug-likeness (QED) is 0.777. The highest BCUT2D eigenvalue weighted by Gasteiger charge is 2.20. The number of fused-ring (bicyclic) bond motifs is 1. The highest BCUT2D eigenvalue weighted by atomic mass is 32.2. The molecule has 0 atom stereocenters. The van der Waals surface area contributed by atoms with E-state index < -0.39 is 0 Å². The molecule has 0 radical (unpaired) electrons. The molecule has 1 aromatic heterocycles. The van der Waals surface area contributed by atoms with E-state index in [9.17, 15) is 4.79 Å². The maximum absolute atomic E-state index is 11.7. The zero-order chi connectivity index (χ0) is 13.2. The highest BCUT2D eigenvalue weighted by molar-refractivity contribution is 8.08. The number of rotatable bonds is 2. The van der Waals surface area contributed by atoms with E-state index in [4.69, 9.17) is 9.15 Å². The van der Waals surface area contributed by atoms with Crippen LogP contribution in [0.4, 0.5) is 0 Å². The van der Waals surface area contributed by atoms with Crippen molar-refractivity contribution in [1.29, 1.82) is 0 Å². The van der Waals surface area contributed by atoms with Crippen LogP contribution in [0, 0.1) is 0 Å². The highest BCUT2D eigenvalue weighted by Crippen LogP contribution is 2.28. The smallest absolute Gasteiger partial charge is 0.335 e. The van der Waals surface area contributed by atoms with Gasteiger partial charge in [-0.3, -0.25) is 0 Å². The Morgan fingerprint density at radius 3 is 2.79 bits per heavy atom. The number of furan rings is 1. The molecule has 0 amide bonds. The van der Waals surface area contributed by atoms with Gasteiger partial charge in [-0.25, -0.2) is 4.79 Å². The standard InChI is InChI=1S/C15H12O3S/c1-17-15(16)12-9-19-14(10-5-3-2-4-6-10)13-11(12)7-8-18-13/h2-8H,9H2,1H3. The molecule has 96 valence electrons. The van der Waals surface area contributed by atoms with Crippen molar-refractivity contribution in [2.45, 2.75) is 0 Å². The molecule has 2 heterocycles. The second-order valence-corrected chi connectivity index (χ2v) is 5.10.